The van der Waals surface area contributed by atoms with E-state index in [1.165, 1.54) is 0 Å². The summed E-state index contributed by atoms with van der Waals surface area (Å²) in [6.07, 6.45) is 7.03. The molecule has 1 aliphatic carbocycles. The van der Waals surface area contributed by atoms with E-state index >= 15 is 0 Å². The van der Waals surface area contributed by atoms with E-state index in [1.54, 1.807) is 0 Å². The Morgan fingerprint density at radius 1 is 1.54 bits per heavy atom. The third-order valence-electron chi connectivity index (χ3n) is 2.22. The number of nitrogens with one attached hydrogen (secondary N) is 2. The molecule has 2 aliphatic rings. The minimum atomic E-state index is -0.191. The zero-order valence-electron chi connectivity index (χ0n) is 7.34. The lowest BCUT2D eigenvalue weighted by molar-refractivity contribution is -0.122. The molecule has 0 saturated carbocycles. The van der Waals surface area contributed by atoms with E-state index in [0.717, 1.165) is 17.7 Å². The Morgan fingerprint density at radius 3 is 3.00 bits per heavy atom. The molecular weight excluding hydrogens is 164 g/mol. The summed E-state index contributed by atoms with van der Waals surface area (Å²) in [7, 11) is 0. The van der Waals surface area contributed by atoms with Gasteiger partial charge in [-0.1, -0.05) is 24.8 Å². The molecule has 1 atom stereocenters. The molecule has 0 aromatic rings. The van der Waals surface area contributed by atoms with E-state index in [2.05, 4.69) is 23.3 Å². The van der Waals surface area contributed by atoms with Crippen LogP contribution < -0.4 is 10.6 Å². The third-order valence-corrected chi connectivity index (χ3v) is 2.22. The molecule has 2 N–H and O–H groups in total. The van der Waals surface area contributed by atoms with Gasteiger partial charge in [-0.05, 0) is 12.0 Å². The molecule has 1 unspecified atom stereocenters. The second-order valence-electron chi connectivity index (χ2n) is 3.25. The Hall–Kier alpha value is -1.35. The number of rotatable bonds is 1. The van der Waals surface area contributed by atoms with Gasteiger partial charge >= 0.3 is 0 Å². The highest BCUT2D eigenvalue weighted by Gasteiger charge is 2.25. The Labute approximate surface area is 77.2 Å². The first-order valence-corrected chi connectivity index (χ1v) is 4.36. The molecule has 3 nitrogen and oxygen atoms in total. The summed E-state index contributed by atoms with van der Waals surface area (Å²) in [5, 5.41) is 5.87. The molecular formula is C10H12N2O. The van der Waals surface area contributed by atoms with E-state index < -0.39 is 0 Å². The number of hydrogen-bond acceptors (Lipinski definition) is 2. The van der Waals surface area contributed by atoms with Gasteiger partial charge < -0.3 is 5.32 Å². The molecule has 1 aliphatic heterocycles. The first-order valence-electron chi connectivity index (χ1n) is 4.36. The first kappa shape index (κ1) is 8.26. The zero-order chi connectivity index (χ0) is 9.26. The largest absolute Gasteiger partial charge is 0.327 e. The zero-order valence-corrected chi connectivity index (χ0v) is 7.34. The number of carbonyl (C=O) groups is 1. The van der Waals surface area contributed by atoms with Crippen LogP contribution in [0.15, 0.2) is 36.1 Å². The maximum absolute atomic E-state index is 11.5. The monoisotopic (exact) mass is 176 g/mol. The maximum Gasteiger partial charge on any atom is 0.245 e. The van der Waals surface area contributed by atoms with Crippen LogP contribution in [-0.4, -0.2) is 18.5 Å². The first-order chi connectivity index (χ1) is 6.27. The normalized spacial score (nSPS) is 27.4. The summed E-state index contributed by atoms with van der Waals surface area (Å²) in [4.78, 5) is 11.5. The predicted octanol–water partition coefficient (Wildman–Crippen LogP) is 0.474. The summed E-state index contributed by atoms with van der Waals surface area (Å²) in [5.41, 5.74) is 1.80. The van der Waals surface area contributed by atoms with Crippen molar-refractivity contribution in [1.29, 1.82) is 0 Å². The van der Waals surface area contributed by atoms with Crippen molar-refractivity contribution in [3.63, 3.8) is 0 Å². The lowest BCUT2D eigenvalue weighted by Crippen LogP contribution is -2.51. The highest BCUT2D eigenvalue weighted by atomic mass is 16.2. The van der Waals surface area contributed by atoms with Gasteiger partial charge in [0, 0.05) is 12.2 Å². The van der Waals surface area contributed by atoms with Crippen LogP contribution in [0.3, 0.4) is 0 Å². The van der Waals surface area contributed by atoms with Crippen LogP contribution in [0.1, 0.15) is 6.42 Å². The summed E-state index contributed by atoms with van der Waals surface area (Å²) in [6, 6.07) is -0.191. The fraction of sp³-hybridized carbons (Fsp3) is 0.300. The van der Waals surface area contributed by atoms with Crippen molar-refractivity contribution in [2.75, 3.05) is 6.54 Å². The Kier molecular flexibility index (Phi) is 2.02. The van der Waals surface area contributed by atoms with E-state index in [0.29, 0.717) is 6.54 Å². The van der Waals surface area contributed by atoms with Crippen LogP contribution in [0, 0.1) is 0 Å². The highest BCUT2D eigenvalue weighted by Crippen LogP contribution is 2.15. The predicted molar refractivity (Wildman–Crippen MR) is 50.9 cm³/mol. The smallest absolute Gasteiger partial charge is 0.245 e. The number of carbonyl (C=O) groups excluding carboxylic acids is 1. The van der Waals surface area contributed by atoms with Crippen molar-refractivity contribution >= 4 is 5.91 Å². The molecule has 0 spiro atoms. The summed E-state index contributed by atoms with van der Waals surface area (Å²) in [5.74, 6) is -0.00551. The second-order valence-corrected chi connectivity index (χ2v) is 3.25. The highest BCUT2D eigenvalue weighted by molar-refractivity contribution is 5.88. The number of hydrogen-bond donors (Lipinski definition) is 2. The molecule has 68 valence electrons. The van der Waals surface area contributed by atoms with Gasteiger partial charge in [-0.3, -0.25) is 10.1 Å². The van der Waals surface area contributed by atoms with E-state index in [9.17, 15) is 4.79 Å². The van der Waals surface area contributed by atoms with Crippen LogP contribution >= 0.6 is 0 Å². The average molecular weight is 176 g/mol. The molecule has 1 saturated heterocycles. The van der Waals surface area contributed by atoms with Crippen LogP contribution in [0.25, 0.3) is 0 Å². The number of amides is 1. The van der Waals surface area contributed by atoms with Crippen molar-refractivity contribution in [3.8, 4) is 0 Å². The lowest BCUT2D eigenvalue weighted by atomic mass is 10.1. The number of piperazine rings is 1. The van der Waals surface area contributed by atoms with Gasteiger partial charge in [0.1, 0.15) is 6.04 Å². The minimum Gasteiger partial charge on any atom is -0.327 e. The van der Waals surface area contributed by atoms with Crippen LogP contribution in [0.2, 0.25) is 0 Å². The molecule has 1 heterocycles. The van der Waals surface area contributed by atoms with Crippen LogP contribution in [0.5, 0.6) is 0 Å². The lowest BCUT2D eigenvalue weighted by Gasteiger charge is -2.25. The van der Waals surface area contributed by atoms with Crippen LogP contribution in [-0.2, 0) is 4.79 Å². The third kappa shape index (κ3) is 1.55. The summed E-state index contributed by atoms with van der Waals surface area (Å²) >= 11 is 0. The molecule has 1 fully saturated rings. The van der Waals surface area contributed by atoms with Gasteiger partial charge in [0.15, 0.2) is 0 Å². The number of allylic oxidation sites excluding steroid dienone is 2. The molecule has 0 aromatic carbocycles. The molecule has 0 radical (unpaired) electrons. The van der Waals surface area contributed by atoms with Crippen LogP contribution in [0.4, 0.5) is 0 Å². The Bertz CT molecular complexity index is 315. The molecule has 13 heavy (non-hydrogen) atoms. The van der Waals surface area contributed by atoms with Gasteiger partial charge in [-0.15, -0.1) is 0 Å². The van der Waals surface area contributed by atoms with E-state index in [4.69, 9.17) is 0 Å². The van der Waals surface area contributed by atoms with Gasteiger partial charge in [-0.2, -0.15) is 0 Å². The van der Waals surface area contributed by atoms with Crippen molar-refractivity contribution in [3.05, 3.63) is 36.1 Å². The molecule has 1 amide bonds. The van der Waals surface area contributed by atoms with Crippen molar-refractivity contribution in [2.45, 2.75) is 12.5 Å². The maximum atomic E-state index is 11.5. The van der Waals surface area contributed by atoms with Gasteiger partial charge in [0.05, 0.1) is 0 Å². The summed E-state index contributed by atoms with van der Waals surface area (Å²) < 4.78 is 0. The Morgan fingerprint density at radius 2 is 2.38 bits per heavy atom. The van der Waals surface area contributed by atoms with Crippen molar-refractivity contribution in [2.24, 2.45) is 0 Å². The van der Waals surface area contributed by atoms with Crippen molar-refractivity contribution < 1.29 is 4.79 Å². The van der Waals surface area contributed by atoms with Gasteiger partial charge in [-0.25, -0.2) is 0 Å². The minimum absolute atomic E-state index is 0.00551. The second kappa shape index (κ2) is 3.18. The van der Waals surface area contributed by atoms with E-state index in [-0.39, 0.29) is 11.9 Å². The SMILES string of the molecule is C=C1CNC(C2=CCC=C2)C(=O)N1. The van der Waals surface area contributed by atoms with Gasteiger partial charge in [0.2, 0.25) is 5.91 Å². The fourth-order valence-corrected chi connectivity index (χ4v) is 1.57. The molecule has 3 heteroatoms. The van der Waals surface area contributed by atoms with E-state index in [1.807, 2.05) is 12.2 Å². The molecule has 2 rings (SSSR count). The quantitative estimate of drug-likeness (QED) is 0.610. The Balaban J connectivity index is 2.12. The molecule has 0 aromatic heterocycles. The molecule has 0 bridgehead atoms. The average Bonchev–Trinajstić information content (AvgIpc) is 2.56. The fourth-order valence-electron chi connectivity index (χ4n) is 1.57. The van der Waals surface area contributed by atoms with Crippen molar-refractivity contribution in [1.82, 2.24) is 10.6 Å². The van der Waals surface area contributed by atoms with Gasteiger partial charge in [0.25, 0.3) is 0 Å². The standard InChI is InChI=1S/C10H12N2O/c1-7-6-11-9(10(13)12-7)8-4-2-3-5-8/h2,4-5,9,11H,1,3,6H2,(H,12,13). The topological polar surface area (TPSA) is 41.1 Å². The summed E-state index contributed by atoms with van der Waals surface area (Å²) in [6.45, 7) is 4.35.